The number of hydrogen-bond donors (Lipinski definition) is 2. The van der Waals surface area contributed by atoms with Crippen LogP contribution in [0.1, 0.15) is 47.9 Å². The van der Waals surface area contributed by atoms with E-state index in [0.717, 1.165) is 23.8 Å². The number of amides is 1. The van der Waals surface area contributed by atoms with Crippen LogP contribution in [0, 0.1) is 5.21 Å². The highest BCUT2D eigenvalue weighted by Gasteiger charge is 2.46. The van der Waals surface area contributed by atoms with Gasteiger partial charge in [0.15, 0.2) is 21.7 Å². The van der Waals surface area contributed by atoms with Crippen LogP contribution in [0.15, 0.2) is 60.1 Å². The van der Waals surface area contributed by atoms with Crippen molar-refractivity contribution in [1.29, 1.82) is 0 Å². The number of carbonyl (C=O) groups is 1. The number of nitrogen functional groups attached to an aromatic ring is 1. The molecule has 0 aromatic carbocycles. The quantitative estimate of drug-likeness (QED) is 0.226. The minimum absolute atomic E-state index is 0.0162. The number of pyridine rings is 2. The molecule has 0 aliphatic carbocycles. The van der Waals surface area contributed by atoms with E-state index in [-0.39, 0.29) is 40.4 Å². The molecule has 0 saturated carbocycles. The van der Waals surface area contributed by atoms with E-state index in [1.54, 1.807) is 36.7 Å². The Morgan fingerprint density at radius 3 is 2.57 bits per heavy atom. The second-order valence-electron chi connectivity index (χ2n) is 10.7. The van der Waals surface area contributed by atoms with Gasteiger partial charge in [-0.25, -0.2) is 18.4 Å². The smallest absolute Gasteiger partial charge is 0.292 e. The first-order valence-corrected chi connectivity index (χ1v) is 15.3. The predicted octanol–water partition coefficient (Wildman–Crippen LogP) is 1.75. The first-order chi connectivity index (χ1) is 20.2. The van der Waals surface area contributed by atoms with E-state index in [0.29, 0.717) is 46.7 Å². The maximum Gasteiger partial charge on any atom is 0.292 e. The summed E-state index contributed by atoms with van der Waals surface area (Å²) in [6, 6.07) is 8.44. The van der Waals surface area contributed by atoms with E-state index >= 15 is 0 Å². The summed E-state index contributed by atoms with van der Waals surface area (Å²) in [4.78, 5) is 27.1. The average molecular weight is 587 g/mol. The molecular weight excluding hydrogens is 560 g/mol. The Balaban J connectivity index is 1.28. The molecule has 5 aromatic heterocycles. The zero-order valence-corrected chi connectivity index (χ0v) is 23.3. The molecule has 2 bridgehead atoms. The number of anilines is 1. The molecule has 0 unspecified atom stereocenters. The highest BCUT2D eigenvalue weighted by atomic mass is 32.2. The van der Waals surface area contributed by atoms with Crippen LogP contribution in [-0.4, -0.2) is 72.3 Å². The number of hydrogen-bond acceptors (Lipinski definition) is 10. The number of rotatable bonds is 5. The summed E-state index contributed by atoms with van der Waals surface area (Å²) in [6.45, 7) is 0. The topological polar surface area (TPSA) is 192 Å². The van der Waals surface area contributed by atoms with E-state index in [1.165, 1.54) is 17.0 Å². The largest absolute Gasteiger partial charge is 0.618 e. The van der Waals surface area contributed by atoms with Gasteiger partial charge in [-0.15, -0.1) is 10.2 Å². The zero-order chi connectivity index (χ0) is 29.2. The van der Waals surface area contributed by atoms with Gasteiger partial charge in [0.05, 0.1) is 11.9 Å². The summed E-state index contributed by atoms with van der Waals surface area (Å²) in [5, 5.41) is 24.2. The number of nitrogens with one attached hydrogen (secondary N) is 1. The fourth-order valence-electron chi connectivity index (χ4n) is 6.37. The summed E-state index contributed by atoms with van der Waals surface area (Å²) >= 11 is 0. The Bertz CT molecular complexity index is 1930. The molecular formula is C27H26N10O4S. The van der Waals surface area contributed by atoms with Gasteiger partial charge in [-0.2, -0.15) is 14.3 Å². The lowest BCUT2D eigenvalue weighted by Crippen LogP contribution is -2.46. The molecule has 1 amide bonds. The molecule has 14 nitrogen and oxygen atoms in total. The van der Waals surface area contributed by atoms with Crippen LogP contribution >= 0.6 is 0 Å². The molecule has 2 aliphatic rings. The van der Waals surface area contributed by atoms with Crippen LogP contribution in [0.2, 0.25) is 0 Å². The lowest BCUT2D eigenvalue weighted by Gasteiger charge is -2.38. The van der Waals surface area contributed by atoms with Gasteiger partial charge in [-0.05, 0) is 37.8 Å². The molecule has 7 rings (SSSR count). The monoisotopic (exact) mass is 586 g/mol. The van der Waals surface area contributed by atoms with Gasteiger partial charge in [0.25, 0.3) is 5.91 Å². The van der Waals surface area contributed by atoms with Gasteiger partial charge < -0.3 is 20.8 Å². The van der Waals surface area contributed by atoms with Crippen molar-refractivity contribution in [3.05, 3.63) is 72.0 Å². The second kappa shape index (κ2) is 9.58. The zero-order valence-electron chi connectivity index (χ0n) is 22.5. The molecule has 214 valence electrons. The SMILES string of the molecule is CS(=O)(=O)c1c([C@@H]2C[C@H]3CC[C@@H](C2)N3C(=O)c2nnc[nH]2)nc2c(-c3ccc(-c4cccc[n+]4[O-])nc3)cnn2c1N. The third kappa shape index (κ3) is 4.15. The molecule has 2 saturated heterocycles. The van der Waals surface area contributed by atoms with Crippen LogP contribution in [0.5, 0.6) is 0 Å². The van der Waals surface area contributed by atoms with Crippen LogP contribution in [0.25, 0.3) is 28.2 Å². The molecule has 0 radical (unpaired) electrons. The van der Waals surface area contributed by atoms with Gasteiger partial charge in [-0.3, -0.25) is 4.79 Å². The molecule has 7 heterocycles. The Labute approximate surface area is 239 Å². The van der Waals surface area contributed by atoms with Crippen molar-refractivity contribution in [2.75, 3.05) is 12.0 Å². The summed E-state index contributed by atoms with van der Waals surface area (Å²) in [6.07, 6.45) is 9.76. The van der Waals surface area contributed by atoms with E-state index in [9.17, 15) is 18.4 Å². The number of carbonyl (C=O) groups excluding carboxylic acids is 1. The minimum atomic E-state index is -3.78. The molecule has 42 heavy (non-hydrogen) atoms. The van der Waals surface area contributed by atoms with Crippen molar-refractivity contribution < 1.29 is 17.9 Å². The molecule has 2 fully saturated rings. The van der Waals surface area contributed by atoms with Crippen molar-refractivity contribution in [3.63, 3.8) is 0 Å². The van der Waals surface area contributed by atoms with Gasteiger partial charge in [0.1, 0.15) is 22.7 Å². The number of aromatic nitrogens is 8. The molecule has 5 aromatic rings. The average Bonchev–Trinajstić information content (AvgIpc) is 3.71. The number of aromatic amines is 1. The summed E-state index contributed by atoms with van der Waals surface area (Å²) in [5.41, 5.74) is 9.48. The fraction of sp³-hybridized carbons (Fsp3) is 0.296. The van der Waals surface area contributed by atoms with E-state index in [1.807, 2.05) is 11.0 Å². The third-order valence-electron chi connectivity index (χ3n) is 8.17. The fourth-order valence-corrected chi connectivity index (χ4v) is 7.43. The second-order valence-corrected chi connectivity index (χ2v) is 12.7. The van der Waals surface area contributed by atoms with Crippen molar-refractivity contribution in [1.82, 2.24) is 39.7 Å². The number of H-pyrrole nitrogens is 1. The molecule has 0 spiro atoms. The lowest BCUT2D eigenvalue weighted by molar-refractivity contribution is -0.593. The Morgan fingerprint density at radius 2 is 1.93 bits per heavy atom. The molecule has 2 aliphatic heterocycles. The van der Waals surface area contributed by atoms with E-state index < -0.39 is 9.84 Å². The third-order valence-corrected chi connectivity index (χ3v) is 9.33. The summed E-state index contributed by atoms with van der Waals surface area (Å²) in [7, 11) is -3.78. The predicted molar refractivity (Wildman–Crippen MR) is 149 cm³/mol. The standard InChI is InChI=1S/C27H26N10O4S/c1-42(40,41)23-22(16-10-17-6-7-18(11-16)36(17)27(38)25-30-14-31-34-25)33-26-19(13-32-37(26)24(23)28)15-5-8-20(29-12-15)21-4-2-3-9-35(21)39/h2-5,8-9,12-14,16-18H,6-7,10-11,28H2,1H3,(H,30,31,34)/t16-,17-,18+. The Kier molecular flexibility index (Phi) is 5.93. The first-order valence-electron chi connectivity index (χ1n) is 13.4. The highest BCUT2D eigenvalue weighted by molar-refractivity contribution is 7.91. The van der Waals surface area contributed by atoms with E-state index in [2.05, 4.69) is 25.3 Å². The van der Waals surface area contributed by atoms with Gasteiger partial charge in [0.2, 0.25) is 11.5 Å². The highest BCUT2D eigenvalue weighted by Crippen LogP contribution is 2.45. The van der Waals surface area contributed by atoms with E-state index in [4.69, 9.17) is 10.7 Å². The van der Waals surface area contributed by atoms with Crippen LogP contribution in [0.4, 0.5) is 5.82 Å². The minimum Gasteiger partial charge on any atom is -0.618 e. The van der Waals surface area contributed by atoms with Crippen LogP contribution < -0.4 is 10.5 Å². The van der Waals surface area contributed by atoms with Crippen molar-refractivity contribution >= 4 is 27.2 Å². The summed E-state index contributed by atoms with van der Waals surface area (Å²) < 4.78 is 28.2. The Morgan fingerprint density at radius 1 is 1.14 bits per heavy atom. The maximum atomic E-state index is 13.1. The number of sulfone groups is 1. The maximum absolute atomic E-state index is 13.1. The van der Waals surface area contributed by atoms with Gasteiger partial charge in [-0.1, -0.05) is 6.07 Å². The van der Waals surface area contributed by atoms with Crippen LogP contribution in [-0.2, 0) is 9.84 Å². The first kappa shape index (κ1) is 26.0. The van der Waals surface area contributed by atoms with Crippen LogP contribution in [0.3, 0.4) is 0 Å². The van der Waals surface area contributed by atoms with Gasteiger partial charge >= 0.3 is 0 Å². The number of nitrogens with two attached hydrogens (primary N) is 1. The van der Waals surface area contributed by atoms with Gasteiger partial charge in [0, 0.05) is 53.7 Å². The number of fused-ring (bicyclic) bond motifs is 3. The van der Waals surface area contributed by atoms with Crippen molar-refractivity contribution in [3.8, 4) is 22.5 Å². The molecule has 3 atom stereocenters. The number of piperidine rings is 1. The summed E-state index contributed by atoms with van der Waals surface area (Å²) in [5.74, 6) is -0.284. The Hall–Kier alpha value is -4.92. The van der Waals surface area contributed by atoms with Crippen molar-refractivity contribution in [2.45, 2.75) is 48.6 Å². The van der Waals surface area contributed by atoms with Crippen molar-refractivity contribution in [2.24, 2.45) is 0 Å². The molecule has 15 heteroatoms. The lowest BCUT2D eigenvalue weighted by atomic mass is 9.87. The normalized spacial score (nSPS) is 20.3. The molecule has 3 N–H and O–H groups in total. The number of nitrogens with zero attached hydrogens (tertiary/aromatic N) is 8.